The minimum Gasteiger partial charge on any atom is -0.466 e. The summed E-state index contributed by atoms with van der Waals surface area (Å²) in [5.74, 6) is -0.0687. The molecule has 6 heteroatoms. The van der Waals surface area contributed by atoms with Gasteiger partial charge in [0.2, 0.25) is 5.91 Å². The summed E-state index contributed by atoms with van der Waals surface area (Å²) in [4.78, 5) is 24.6. The van der Waals surface area contributed by atoms with Crippen molar-refractivity contribution in [3.63, 3.8) is 0 Å². The van der Waals surface area contributed by atoms with E-state index in [-0.39, 0.29) is 18.5 Å². The molecule has 0 aromatic heterocycles. The molecule has 6 nitrogen and oxygen atoms in total. The maximum Gasteiger partial charge on any atom is 0.305 e. The SMILES string of the molecule is CCCCCC/C=C\C/C=C\CCCCCCCCCC(=O)OCCCCCCCCCCCCCCCCCCCCC(=O)NC(CO)C(O)/C=C/CCCCCCCCCCCCCCCCCCCCCCC. The van der Waals surface area contributed by atoms with Crippen molar-refractivity contribution in [3.8, 4) is 0 Å². The van der Waals surface area contributed by atoms with E-state index in [1.54, 1.807) is 6.08 Å². The molecule has 76 heavy (non-hydrogen) atoms. The highest BCUT2D eigenvalue weighted by Crippen LogP contribution is 2.18. The zero-order valence-electron chi connectivity index (χ0n) is 51.3. The fourth-order valence-electron chi connectivity index (χ4n) is 10.7. The second kappa shape index (κ2) is 65.6. The number of carbonyl (C=O) groups excluding carboxylic acids is 2. The van der Waals surface area contributed by atoms with E-state index in [1.165, 1.54) is 295 Å². The standard InChI is InChI=1S/C70H133NO5/c1-3-5-7-9-11-13-15-17-19-21-23-24-25-26-27-30-34-38-42-46-50-54-58-62-68(73)67(66-72)71-69(74)63-59-55-51-47-43-39-35-31-28-29-33-37-41-45-49-53-57-61-65-76-70(75)64-60-56-52-48-44-40-36-32-22-20-18-16-14-12-10-8-6-4-2/h14,16,20,22,58,62,67-68,72-73H,3-13,15,17-19,21,23-57,59-61,63-66H2,1-2H3,(H,71,74)/b16-14-,22-20-,62-58+. The highest BCUT2D eigenvalue weighted by Gasteiger charge is 2.18. The quantitative estimate of drug-likeness (QED) is 0.0320. The molecular weight excluding hydrogens is 935 g/mol. The molecule has 0 aliphatic carbocycles. The van der Waals surface area contributed by atoms with Crippen LogP contribution in [0, 0.1) is 0 Å². The van der Waals surface area contributed by atoms with E-state index in [0.717, 1.165) is 51.4 Å². The highest BCUT2D eigenvalue weighted by atomic mass is 16.5. The van der Waals surface area contributed by atoms with Gasteiger partial charge >= 0.3 is 5.97 Å². The lowest BCUT2D eigenvalue weighted by Crippen LogP contribution is -2.45. The van der Waals surface area contributed by atoms with Gasteiger partial charge in [0.05, 0.1) is 25.4 Å². The van der Waals surface area contributed by atoms with Crippen LogP contribution in [0.1, 0.15) is 373 Å². The van der Waals surface area contributed by atoms with E-state index in [2.05, 4.69) is 43.5 Å². The Morgan fingerprint density at radius 2 is 0.658 bits per heavy atom. The van der Waals surface area contributed by atoms with Gasteiger partial charge in [-0.2, -0.15) is 0 Å². The Labute approximate surface area is 474 Å². The van der Waals surface area contributed by atoms with Crippen molar-refractivity contribution in [2.24, 2.45) is 0 Å². The maximum absolute atomic E-state index is 12.5. The minimum absolute atomic E-state index is 0.000142. The van der Waals surface area contributed by atoms with Gasteiger partial charge in [0, 0.05) is 12.8 Å². The number of aliphatic hydroxyl groups is 2. The van der Waals surface area contributed by atoms with Crippen LogP contribution < -0.4 is 5.32 Å². The molecule has 448 valence electrons. The van der Waals surface area contributed by atoms with Crippen molar-refractivity contribution in [2.75, 3.05) is 13.2 Å². The third kappa shape index (κ3) is 61.3. The summed E-state index contributed by atoms with van der Waals surface area (Å²) in [5.41, 5.74) is 0. The molecule has 0 saturated carbocycles. The van der Waals surface area contributed by atoms with Crippen LogP contribution in [0.4, 0.5) is 0 Å². The first-order valence-electron chi connectivity index (χ1n) is 34.3. The Morgan fingerprint density at radius 1 is 0.368 bits per heavy atom. The van der Waals surface area contributed by atoms with E-state index in [0.29, 0.717) is 19.4 Å². The molecule has 0 radical (unpaired) electrons. The molecule has 0 aromatic rings. The third-order valence-electron chi connectivity index (χ3n) is 15.9. The summed E-state index contributed by atoms with van der Waals surface area (Å²) < 4.78 is 5.49. The first-order chi connectivity index (χ1) is 37.5. The van der Waals surface area contributed by atoms with Crippen molar-refractivity contribution >= 4 is 11.9 Å². The number of rotatable bonds is 64. The van der Waals surface area contributed by atoms with Gasteiger partial charge in [-0.15, -0.1) is 0 Å². The smallest absolute Gasteiger partial charge is 0.305 e. The summed E-state index contributed by atoms with van der Waals surface area (Å²) in [5, 5.41) is 23.3. The minimum atomic E-state index is -0.849. The number of carbonyl (C=O) groups is 2. The summed E-state index contributed by atoms with van der Waals surface area (Å²) in [6, 6.07) is -0.633. The zero-order valence-corrected chi connectivity index (χ0v) is 51.3. The van der Waals surface area contributed by atoms with Crippen molar-refractivity contribution in [3.05, 3.63) is 36.5 Å². The van der Waals surface area contributed by atoms with Crippen LogP contribution in [0.2, 0.25) is 0 Å². The van der Waals surface area contributed by atoms with E-state index >= 15 is 0 Å². The van der Waals surface area contributed by atoms with Gasteiger partial charge in [0.15, 0.2) is 0 Å². The van der Waals surface area contributed by atoms with Crippen LogP contribution in [0.15, 0.2) is 36.5 Å². The van der Waals surface area contributed by atoms with E-state index in [4.69, 9.17) is 4.74 Å². The van der Waals surface area contributed by atoms with Crippen LogP contribution in [0.25, 0.3) is 0 Å². The van der Waals surface area contributed by atoms with Gasteiger partial charge in [-0.3, -0.25) is 9.59 Å². The Morgan fingerprint density at radius 3 is 1.01 bits per heavy atom. The van der Waals surface area contributed by atoms with Crippen molar-refractivity contribution in [1.82, 2.24) is 5.32 Å². The van der Waals surface area contributed by atoms with Crippen molar-refractivity contribution in [1.29, 1.82) is 0 Å². The topological polar surface area (TPSA) is 95.9 Å². The summed E-state index contributed by atoms with van der Waals surface area (Å²) in [6.45, 7) is 4.91. The van der Waals surface area contributed by atoms with Crippen molar-refractivity contribution in [2.45, 2.75) is 386 Å². The molecule has 2 atom stereocenters. The molecule has 0 heterocycles. The predicted octanol–water partition coefficient (Wildman–Crippen LogP) is 21.9. The molecule has 0 aliphatic rings. The maximum atomic E-state index is 12.5. The fraction of sp³-hybridized carbons (Fsp3) is 0.886. The summed E-state index contributed by atoms with van der Waals surface area (Å²) in [7, 11) is 0. The molecule has 1 amide bonds. The number of nitrogens with one attached hydrogen (secondary N) is 1. The number of unbranched alkanes of at least 4 members (excludes halogenated alkanes) is 49. The average Bonchev–Trinajstić information content (AvgIpc) is 3.42. The first-order valence-corrected chi connectivity index (χ1v) is 34.3. The molecular formula is C70H133NO5. The zero-order chi connectivity index (χ0) is 55.0. The van der Waals surface area contributed by atoms with Gasteiger partial charge in [-0.1, -0.05) is 333 Å². The summed E-state index contributed by atoms with van der Waals surface area (Å²) in [6.07, 6.45) is 83.4. The Kier molecular flexibility index (Phi) is 63.9. The number of hydrogen-bond acceptors (Lipinski definition) is 5. The number of ether oxygens (including phenoxy) is 1. The van der Waals surface area contributed by atoms with Gasteiger partial charge in [-0.25, -0.2) is 0 Å². The molecule has 0 fully saturated rings. The Hall–Kier alpha value is -1.92. The van der Waals surface area contributed by atoms with Gasteiger partial charge in [0.25, 0.3) is 0 Å². The van der Waals surface area contributed by atoms with Crippen LogP contribution in [-0.4, -0.2) is 47.4 Å². The van der Waals surface area contributed by atoms with E-state index in [1.807, 2.05) is 6.08 Å². The van der Waals surface area contributed by atoms with Gasteiger partial charge < -0.3 is 20.3 Å². The molecule has 3 N–H and O–H groups in total. The highest BCUT2D eigenvalue weighted by molar-refractivity contribution is 5.76. The third-order valence-corrected chi connectivity index (χ3v) is 15.9. The lowest BCUT2D eigenvalue weighted by Gasteiger charge is -2.20. The van der Waals surface area contributed by atoms with E-state index < -0.39 is 12.1 Å². The Bertz CT molecular complexity index is 1230. The lowest BCUT2D eigenvalue weighted by atomic mass is 10.0. The monoisotopic (exact) mass is 1070 g/mol. The van der Waals surface area contributed by atoms with Crippen LogP contribution in [0.5, 0.6) is 0 Å². The molecule has 0 rings (SSSR count). The number of aliphatic hydroxyl groups excluding tert-OH is 2. The van der Waals surface area contributed by atoms with Gasteiger partial charge in [0.1, 0.15) is 0 Å². The number of amides is 1. The molecule has 2 unspecified atom stereocenters. The lowest BCUT2D eigenvalue weighted by molar-refractivity contribution is -0.143. The fourth-order valence-corrected chi connectivity index (χ4v) is 10.7. The normalized spacial score (nSPS) is 12.7. The summed E-state index contributed by atoms with van der Waals surface area (Å²) >= 11 is 0. The number of hydrogen-bond donors (Lipinski definition) is 3. The second-order valence-corrected chi connectivity index (χ2v) is 23.5. The molecule has 0 aromatic carbocycles. The molecule has 0 saturated heterocycles. The average molecular weight is 1070 g/mol. The largest absolute Gasteiger partial charge is 0.466 e. The van der Waals surface area contributed by atoms with Crippen LogP contribution in [-0.2, 0) is 14.3 Å². The predicted molar refractivity (Wildman–Crippen MR) is 333 cm³/mol. The Balaban J connectivity index is 3.43. The van der Waals surface area contributed by atoms with Crippen LogP contribution in [0.3, 0.4) is 0 Å². The molecule has 0 bridgehead atoms. The number of allylic oxidation sites excluding steroid dienone is 5. The molecule has 0 spiro atoms. The second-order valence-electron chi connectivity index (χ2n) is 23.5. The first kappa shape index (κ1) is 74.1. The van der Waals surface area contributed by atoms with E-state index in [9.17, 15) is 19.8 Å². The van der Waals surface area contributed by atoms with Crippen molar-refractivity contribution < 1.29 is 24.5 Å². The number of esters is 1. The van der Waals surface area contributed by atoms with Gasteiger partial charge in [-0.05, 0) is 64.2 Å². The molecule has 0 aliphatic heterocycles. The van der Waals surface area contributed by atoms with Crippen LogP contribution >= 0.6 is 0 Å².